The van der Waals surface area contributed by atoms with E-state index in [0.29, 0.717) is 6.42 Å². The molecule has 0 aliphatic carbocycles. The van der Waals surface area contributed by atoms with E-state index < -0.39 is 0 Å². The average Bonchev–Trinajstić information content (AvgIpc) is 2.74. The Hall–Kier alpha value is -0.570. The number of rotatable bonds is 25. The van der Waals surface area contributed by atoms with Gasteiger partial charge in [-0.1, -0.05) is 129 Å². The molecule has 0 aromatic rings. The SMILES string of the molecule is CCCCCCCCCCCCCCCCCCCCCCC(=O)NCCC[N+](C)(C)C. The van der Waals surface area contributed by atoms with Gasteiger partial charge in [-0.25, -0.2) is 0 Å². The smallest absolute Gasteiger partial charge is 0.219 e. The molecule has 0 aromatic heterocycles. The Labute approximate surface area is 203 Å². The van der Waals surface area contributed by atoms with E-state index in [-0.39, 0.29) is 5.91 Å². The first kappa shape index (κ1) is 31.4. The van der Waals surface area contributed by atoms with Crippen LogP contribution in [0.15, 0.2) is 0 Å². The fourth-order valence-electron chi connectivity index (χ4n) is 4.41. The molecule has 192 valence electrons. The molecule has 0 atom stereocenters. The minimum Gasteiger partial charge on any atom is -0.356 e. The van der Waals surface area contributed by atoms with Crippen LogP contribution in [0.25, 0.3) is 0 Å². The van der Waals surface area contributed by atoms with Crippen LogP contribution in [0.1, 0.15) is 148 Å². The summed E-state index contributed by atoms with van der Waals surface area (Å²) in [4.78, 5) is 11.8. The number of hydrogen-bond acceptors (Lipinski definition) is 1. The Kier molecular flexibility index (Phi) is 23.2. The summed E-state index contributed by atoms with van der Waals surface area (Å²) in [6, 6.07) is 0. The molecule has 0 aliphatic heterocycles. The highest BCUT2D eigenvalue weighted by Gasteiger charge is 2.06. The van der Waals surface area contributed by atoms with Crippen LogP contribution < -0.4 is 5.32 Å². The molecule has 0 saturated carbocycles. The summed E-state index contributed by atoms with van der Waals surface area (Å²) in [5, 5.41) is 3.07. The van der Waals surface area contributed by atoms with E-state index in [1.807, 2.05) is 0 Å². The van der Waals surface area contributed by atoms with Gasteiger partial charge in [-0.2, -0.15) is 0 Å². The zero-order valence-corrected chi connectivity index (χ0v) is 22.8. The maximum Gasteiger partial charge on any atom is 0.219 e. The molecule has 0 bridgehead atoms. The van der Waals surface area contributed by atoms with Crippen LogP contribution in [0.5, 0.6) is 0 Å². The van der Waals surface area contributed by atoms with Gasteiger partial charge >= 0.3 is 0 Å². The van der Waals surface area contributed by atoms with Crippen LogP contribution in [0.3, 0.4) is 0 Å². The van der Waals surface area contributed by atoms with Crippen molar-refractivity contribution in [1.29, 1.82) is 0 Å². The number of amides is 1. The average molecular weight is 454 g/mol. The number of unbranched alkanes of at least 4 members (excludes halogenated alkanes) is 19. The second kappa shape index (κ2) is 23.6. The van der Waals surface area contributed by atoms with Crippen LogP contribution in [0.2, 0.25) is 0 Å². The standard InChI is InChI=1S/C29H60N2O/c1-5-6-7-8-9-10-11-12-13-14-15-16-17-18-19-20-21-22-23-24-26-29(32)30-27-25-28-31(2,3)4/h5-28H2,1-4H3/p+1. The Bertz CT molecular complexity index is 389. The highest BCUT2D eigenvalue weighted by Crippen LogP contribution is 2.15. The van der Waals surface area contributed by atoms with E-state index in [1.165, 1.54) is 122 Å². The molecule has 0 aliphatic rings. The molecule has 0 spiro atoms. The lowest BCUT2D eigenvalue weighted by molar-refractivity contribution is -0.870. The molecule has 32 heavy (non-hydrogen) atoms. The van der Waals surface area contributed by atoms with E-state index in [0.717, 1.165) is 30.4 Å². The third-order valence-electron chi connectivity index (χ3n) is 6.59. The fourth-order valence-corrected chi connectivity index (χ4v) is 4.41. The van der Waals surface area contributed by atoms with Crippen LogP contribution in [-0.4, -0.2) is 44.6 Å². The van der Waals surface area contributed by atoms with Crippen LogP contribution >= 0.6 is 0 Å². The normalized spacial score (nSPS) is 11.8. The van der Waals surface area contributed by atoms with Crippen LogP contribution in [-0.2, 0) is 4.79 Å². The molecule has 0 unspecified atom stereocenters. The van der Waals surface area contributed by atoms with Crippen molar-refractivity contribution in [1.82, 2.24) is 5.32 Å². The van der Waals surface area contributed by atoms with Gasteiger partial charge < -0.3 is 9.80 Å². The molecule has 1 amide bonds. The van der Waals surface area contributed by atoms with Gasteiger partial charge in [0.15, 0.2) is 0 Å². The van der Waals surface area contributed by atoms with Crippen molar-refractivity contribution >= 4 is 5.91 Å². The summed E-state index contributed by atoms with van der Waals surface area (Å²) in [5.41, 5.74) is 0. The molecule has 0 rings (SSSR count). The predicted octanol–water partition coefficient (Wildman–Crippen LogP) is 8.41. The minimum absolute atomic E-state index is 0.244. The Morgan fingerprint density at radius 2 is 0.875 bits per heavy atom. The first-order valence-electron chi connectivity index (χ1n) is 14.5. The van der Waals surface area contributed by atoms with Gasteiger partial charge in [0.2, 0.25) is 5.91 Å². The molecule has 0 radical (unpaired) electrons. The van der Waals surface area contributed by atoms with E-state index in [4.69, 9.17) is 0 Å². The summed E-state index contributed by atoms with van der Waals surface area (Å²) >= 11 is 0. The van der Waals surface area contributed by atoms with Gasteiger partial charge in [-0.3, -0.25) is 4.79 Å². The molecule has 0 fully saturated rings. The summed E-state index contributed by atoms with van der Waals surface area (Å²) in [6.07, 6.45) is 29.7. The third-order valence-corrected chi connectivity index (χ3v) is 6.59. The van der Waals surface area contributed by atoms with Crippen molar-refractivity contribution in [2.75, 3.05) is 34.2 Å². The quantitative estimate of drug-likeness (QED) is 0.109. The fraction of sp³-hybridized carbons (Fsp3) is 0.966. The summed E-state index contributed by atoms with van der Waals surface area (Å²) in [6.45, 7) is 4.23. The van der Waals surface area contributed by atoms with E-state index in [9.17, 15) is 4.79 Å². The summed E-state index contributed by atoms with van der Waals surface area (Å²) < 4.78 is 0.967. The number of carbonyl (C=O) groups is 1. The highest BCUT2D eigenvalue weighted by molar-refractivity contribution is 5.75. The lowest BCUT2D eigenvalue weighted by Crippen LogP contribution is -2.37. The van der Waals surface area contributed by atoms with E-state index in [2.05, 4.69) is 33.4 Å². The van der Waals surface area contributed by atoms with Gasteiger partial charge in [0, 0.05) is 19.4 Å². The largest absolute Gasteiger partial charge is 0.356 e. The minimum atomic E-state index is 0.244. The molecule has 0 aromatic carbocycles. The second-order valence-corrected chi connectivity index (χ2v) is 11.2. The van der Waals surface area contributed by atoms with Gasteiger partial charge in [0.25, 0.3) is 0 Å². The van der Waals surface area contributed by atoms with Crippen molar-refractivity contribution in [3.05, 3.63) is 0 Å². The maximum atomic E-state index is 11.8. The monoisotopic (exact) mass is 453 g/mol. The molecule has 1 N–H and O–H groups in total. The van der Waals surface area contributed by atoms with Gasteiger partial charge in [-0.15, -0.1) is 0 Å². The van der Waals surface area contributed by atoms with Gasteiger partial charge in [0.05, 0.1) is 27.7 Å². The zero-order chi connectivity index (χ0) is 23.8. The number of hydrogen-bond donors (Lipinski definition) is 1. The topological polar surface area (TPSA) is 29.1 Å². The lowest BCUT2D eigenvalue weighted by atomic mass is 10.0. The van der Waals surface area contributed by atoms with E-state index >= 15 is 0 Å². The lowest BCUT2D eigenvalue weighted by Gasteiger charge is -2.23. The molecule has 3 heteroatoms. The third kappa shape index (κ3) is 27.5. The van der Waals surface area contributed by atoms with Crippen molar-refractivity contribution in [2.45, 2.75) is 148 Å². The Balaban J connectivity index is 3.14. The number of nitrogens with zero attached hydrogens (tertiary/aromatic N) is 1. The number of carbonyl (C=O) groups excluding carboxylic acids is 1. The first-order valence-corrected chi connectivity index (χ1v) is 14.5. The number of quaternary nitrogens is 1. The Morgan fingerprint density at radius 3 is 1.22 bits per heavy atom. The van der Waals surface area contributed by atoms with Crippen LogP contribution in [0, 0.1) is 0 Å². The molecule has 0 heterocycles. The zero-order valence-electron chi connectivity index (χ0n) is 22.8. The molecular weight excluding hydrogens is 392 g/mol. The van der Waals surface area contributed by atoms with Crippen molar-refractivity contribution in [3.63, 3.8) is 0 Å². The molecular formula is C29H61N2O+. The predicted molar refractivity (Wildman–Crippen MR) is 143 cm³/mol. The summed E-state index contributed by atoms with van der Waals surface area (Å²) in [7, 11) is 6.59. The number of nitrogens with one attached hydrogen (secondary N) is 1. The van der Waals surface area contributed by atoms with Gasteiger partial charge in [-0.05, 0) is 6.42 Å². The molecule has 3 nitrogen and oxygen atoms in total. The second-order valence-electron chi connectivity index (χ2n) is 11.2. The highest BCUT2D eigenvalue weighted by atomic mass is 16.1. The molecule has 0 saturated heterocycles. The summed E-state index contributed by atoms with van der Waals surface area (Å²) in [5.74, 6) is 0.244. The first-order chi connectivity index (χ1) is 15.5. The maximum absolute atomic E-state index is 11.8. The van der Waals surface area contributed by atoms with Gasteiger partial charge in [0.1, 0.15) is 0 Å². The van der Waals surface area contributed by atoms with Crippen molar-refractivity contribution < 1.29 is 9.28 Å². The Morgan fingerprint density at radius 1 is 0.531 bits per heavy atom. The van der Waals surface area contributed by atoms with Crippen LogP contribution in [0.4, 0.5) is 0 Å². The van der Waals surface area contributed by atoms with Crippen molar-refractivity contribution in [3.8, 4) is 0 Å². The van der Waals surface area contributed by atoms with E-state index in [1.54, 1.807) is 0 Å². The van der Waals surface area contributed by atoms with Crippen molar-refractivity contribution in [2.24, 2.45) is 0 Å².